The molecule has 3 rings (SSSR count). The van der Waals surface area contributed by atoms with Gasteiger partial charge in [-0.25, -0.2) is 4.39 Å². The predicted octanol–water partition coefficient (Wildman–Crippen LogP) is 2.27. The number of carbonyl (C=O) groups excluding carboxylic acids is 2. The fraction of sp³-hybridized carbons (Fsp3) is 0.391. The first-order chi connectivity index (χ1) is 15.0. The van der Waals surface area contributed by atoms with E-state index in [9.17, 15) is 14.0 Å². The second kappa shape index (κ2) is 10.8. The number of hydrogen-bond acceptors (Lipinski definition) is 5. The molecular formula is C23H29FN4O3. The number of nitrogens with two attached hydrogens (primary N) is 1. The van der Waals surface area contributed by atoms with E-state index in [2.05, 4.69) is 22.3 Å². The van der Waals surface area contributed by atoms with E-state index in [1.54, 1.807) is 0 Å². The van der Waals surface area contributed by atoms with Crippen LogP contribution in [0, 0.1) is 5.82 Å². The van der Waals surface area contributed by atoms with E-state index in [0.717, 1.165) is 31.5 Å². The fourth-order valence-corrected chi connectivity index (χ4v) is 3.55. The quantitative estimate of drug-likeness (QED) is 0.630. The van der Waals surface area contributed by atoms with Crippen molar-refractivity contribution in [1.29, 1.82) is 0 Å². The minimum atomic E-state index is -0.495. The van der Waals surface area contributed by atoms with Gasteiger partial charge in [0.1, 0.15) is 11.6 Å². The Morgan fingerprint density at radius 1 is 1.10 bits per heavy atom. The molecule has 1 fully saturated rings. The van der Waals surface area contributed by atoms with E-state index in [4.69, 9.17) is 10.5 Å². The first-order valence-electron chi connectivity index (χ1n) is 10.5. The second-order valence-corrected chi connectivity index (χ2v) is 7.47. The number of hydrogen-bond donors (Lipinski definition) is 2. The maximum Gasteiger partial charge on any atom is 0.253 e. The SMILES string of the molecule is CCOc1ccc(CN2CCN(C(=O)CCNC(=O)c3ccc(F)cc3N)CC2)cc1. The zero-order valence-corrected chi connectivity index (χ0v) is 17.8. The number of piperazine rings is 1. The van der Waals surface area contributed by atoms with Crippen molar-refractivity contribution in [1.82, 2.24) is 15.1 Å². The number of nitrogens with one attached hydrogen (secondary N) is 1. The number of benzene rings is 2. The number of amides is 2. The third-order valence-electron chi connectivity index (χ3n) is 5.25. The van der Waals surface area contributed by atoms with Gasteiger partial charge < -0.3 is 20.7 Å². The molecule has 0 aliphatic carbocycles. The molecule has 0 radical (unpaired) electrons. The van der Waals surface area contributed by atoms with Crippen LogP contribution in [0.2, 0.25) is 0 Å². The summed E-state index contributed by atoms with van der Waals surface area (Å²) in [6.45, 7) is 6.59. The van der Waals surface area contributed by atoms with Gasteiger partial charge in [0.05, 0.1) is 12.2 Å². The van der Waals surface area contributed by atoms with Crippen LogP contribution in [-0.2, 0) is 11.3 Å². The Morgan fingerprint density at radius 2 is 1.81 bits per heavy atom. The van der Waals surface area contributed by atoms with Crippen LogP contribution < -0.4 is 15.8 Å². The number of halogens is 1. The van der Waals surface area contributed by atoms with Crippen LogP contribution in [0.5, 0.6) is 5.75 Å². The normalized spacial score (nSPS) is 14.3. The van der Waals surface area contributed by atoms with Crippen LogP contribution in [0.4, 0.5) is 10.1 Å². The third-order valence-corrected chi connectivity index (χ3v) is 5.25. The molecule has 1 aliphatic rings. The monoisotopic (exact) mass is 428 g/mol. The topological polar surface area (TPSA) is 87.9 Å². The standard InChI is InChI=1S/C23H29FN4O3/c1-2-31-19-6-3-17(4-7-19)16-27-11-13-28(14-12-27)22(29)9-10-26-23(30)20-8-5-18(24)15-21(20)25/h3-8,15H,2,9-14,16,25H2,1H3,(H,26,30). The minimum absolute atomic E-state index is 0.00750. The van der Waals surface area contributed by atoms with Crippen molar-refractivity contribution >= 4 is 17.5 Å². The number of carbonyl (C=O) groups is 2. The maximum absolute atomic E-state index is 13.1. The Balaban J connectivity index is 1.38. The summed E-state index contributed by atoms with van der Waals surface area (Å²) in [6.07, 6.45) is 0.214. The van der Waals surface area contributed by atoms with E-state index in [-0.39, 0.29) is 30.1 Å². The van der Waals surface area contributed by atoms with Crippen molar-refractivity contribution in [2.24, 2.45) is 0 Å². The highest BCUT2D eigenvalue weighted by atomic mass is 19.1. The van der Waals surface area contributed by atoms with E-state index < -0.39 is 11.7 Å². The van der Waals surface area contributed by atoms with Crippen molar-refractivity contribution in [3.63, 3.8) is 0 Å². The summed E-state index contributed by atoms with van der Waals surface area (Å²) in [5.41, 5.74) is 7.17. The summed E-state index contributed by atoms with van der Waals surface area (Å²) in [6, 6.07) is 11.7. The first kappa shape index (κ1) is 22.6. The summed E-state index contributed by atoms with van der Waals surface area (Å²) >= 11 is 0. The van der Waals surface area contributed by atoms with Gasteiger partial charge in [-0.05, 0) is 42.8 Å². The van der Waals surface area contributed by atoms with E-state index in [1.807, 2.05) is 24.0 Å². The lowest BCUT2D eigenvalue weighted by Gasteiger charge is -2.34. The molecule has 2 amide bonds. The Bertz CT molecular complexity index is 896. The van der Waals surface area contributed by atoms with E-state index in [0.29, 0.717) is 19.7 Å². The minimum Gasteiger partial charge on any atom is -0.494 e. The van der Waals surface area contributed by atoms with Gasteiger partial charge in [0, 0.05) is 51.4 Å². The van der Waals surface area contributed by atoms with Gasteiger partial charge in [-0.2, -0.15) is 0 Å². The highest BCUT2D eigenvalue weighted by Crippen LogP contribution is 2.15. The third kappa shape index (κ3) is 6.42. The van der Waals surface area contributed by atoms with Gasteiger partial charge in [-0.1, -0.05) is 12.1 Å². The Morgan fingerprint density at radius 3 is 2.45 bits per heavy atom. The van der Waals surface area contributed by atoms with Crippen molar-refractivity contribution < 1.29 is 18.7 Å². The Hall–Kier alpha value is -3.13. The molecule has 0 spiro atoms. The van der Waals surface area contributed by atoms with Gasteiger partial charge in [0.2, 0.25) is 5.91 Å². The lowest BCUT2D eigenvalue weighted by Crippen LogP contribution is -2.48. The van der Waals surface area contributed by atoms with Gasteiger partial charge in [0.15, 0.2) is 0 Å². The number of anilines is 1. The number of rotatable bonds is 8. The zero-order chi connectivity index (χ0) is 22.2. The van der Waals surface area contributed by atoms with Crippen LogP contribution in [0.25, 0.3) is 0 Å². The molecule has 2 aromatic carbocycles. The predicted molar refractivity (Wildman–Crippen MR) is 117 cm³/mol. The summed E-state index contributed by atoms with van der Waals surface area (Å²) in [5.74, 6) is -0.0275. The average molecular weight is 429 g/mol. The van der Waals surface area contributed by atoms with Crippen molar-refractivity contribution in [3.8, 4) is 5.75 Å². The molecule has 0 atom stereocenters. The number of ether oxygens (including phenoxy) is 1. The molecule has 1 saturated heterocycles. The average Bonchev–Trinajstić information content (AvgIpc) is 2.75. The number of nitrogens with zero attached hydrogens (tertiary/aromatic N) is 2. The second-order valence-electron chi connectivity index (χ2n) is 7.47. The highest BCUT2D eigenvalue weighted by molar-refractivity contribution is 5.99. The molecule has 1 heterocycles. The number of nitrogen functional groups attached to an aromatic ring is 1. The molecule has 7 nitrogen and oxygen atoms in total. The molecule has 1 aliphatic heterocycles. The Labute approximate surface area is 182 Å². The lowest BCUT2D eigenvalue weighted by molar-refractivity contribution is -0.132. The fourth-order valence-electron chi connectivity index (χ4n) is 3.55. The van der Waals surface area contributed by atoms with Crippen LogP contribution in [0.3, 0.4) is 0 Å². The molecule has 0 bridgehead atoms. The van der Waals surface area contributed by atoms with Crippen molar-refractivity contribution in [2.75, 3.05) is 45.1 Å². The van der Waals surface area contributed by atoms with Crippen molar-refractivity contribution in [3.05, 3.63) is 59.4 Å². The molecule has 3 N–H and O–H groups in total. The van der Waals surface area contributed by atoms with Crippen LogP contribution >= 0.6 is 0 Å². The van der Waals surface area contributed by atoms with Crippen LogP contribution in [0.1, 0.15) is 29.3 Å². The van der Waals surface area contributed by atoms with Gasteiger partial charge in [-0.15, -0.1) is 0 Å². The summed E-state index contributed by atoms with van der Waals surface area (Å²) < 4.78 is 18.6. The molecule has 8 heteroatoms. The zero-order valence-electron chi connectivity index (χ0n) is 17.8. The van der Waals surface area contributed by atoms with Gasteiger partial charge in [-0.3, -0.25) is 14.5 Å². The summed E-state index contributed by atoms with van der Waals surface area (Å²) in [7, 11) is 0. The molecule has 0 unspecified atom stereocenters. The molecule has 2 aromatic rings. The van der Waals surface area contributed by atoms with Crippen LogP contribution in [-0.4, -0.2) is 60.9 Å². The highest BCUT2D eigenvalue weighted by Gasteiger charge is 2.21. The van der Waals surface area contributed by atoms with Crippen LogP contribution in [0.15, 0.2) is 42.5 Å². The first-order valence-corrected chi connectivity index (χ1v) is 10.5. The largest absolute Gasteiger partial charge is 0.494 e. The van der Waals surface area contributed by atoms with Gasteiger partial charge in [0.25, 0.3) is 5.91 Å². The molecule has 0 saturated carbocycles. The van der Waals surface area contributed by atoms with E-state index in [1.165, 1.54) is 17.7 Å². The van der Waals surface area contributed by atoms with E-state index >= 15 is 0 Å². The summed E-state index contributed by atoms with van der Waals surface area (Å²) in [5, 5.41) is 2.67. The molecular weight excluding hydrogens is 399 g/mol. The van der Waals surface area contributed by atoms with Crippen molar-refractivity contribution in [2.45, 2.75) is 19.9 Å². The lowest BCUT2D eigenvalue weighted by atomic mass is 10.1. The van der Waals surface area contributed by atoms with Gasteiger partial charge >= 0.3 is 0 Å². The molecule has 0 aromatic heterocycles. The molecule has 166 valence electrons. The molecule has 31 heavy (non-hydrogen) atoms. The smallest absolute Gasteiger partial charge is 0.253 e. The maximum atomic E-state index is 13.1. The Kier molecular flexibility index (Phi) is 7.83. The summed E-state index contributed by atoms with van der Waals surface area (Å²) in [4.78, 5) is 28.8.